The van der Waals surface area contributed by atoms with Crippen molar-refractivity contribution >= 4 is 34.6 Å². The first-order chi connectivity index (χ1) is 16.4. The Morgan fingerprint density at radius 2 is 1.88 bits per heavy atom. The molecular formula is C26H20ClFN2O3S. The summed E-state index contributed by atoms with van der Waals surface area (Å²) in [5.41, 5.74) is 4.76. The zero-order valence-electron chi connectivity index (χ0n) is 18.1. The van der Waals surface area contributed by atoms with Crippen molar-refractivity contribution in [2.45, 2.75) is 19.3 Å². The molecule has 0 saturated carbocycles. The maximum Gasteiger partial charge on any atom is 0.345 e. The Morgan fingerprint density at radius 1 is 1.12 bits per heavy atom. The zero-order valence-corrected chi connectivity index (χ0v) is 19.6. The van der Waals surface area contributed by atoms with Gasteiger partial charge in [-0.25, -0.2) is 9.18 Å². The van der Waals surface area contributed by atoms with Crippen LogP contribution in [0, 0.1) is 12.7 Å². The molecule has 4 rings (SSSR count). The van der Waals surface area contributed by atoms with Crippen LogP contribution in [0.25, 0.3) is 11.1 Å². The fraction of sp³-hybridized carbons (Fsp3) is 0.115. The molecule has 0 aliphatic carbocycles. The summed E-state index contributed by atoms with van der Waals surface area (Å²) in [7, 11) is 0. The molecule has 2 aromatic heterocycles. The Labute approximate surface area is 204 Å². The summed E-state index contributed by atoms with van der Waals surface area (Å²) in [5, 5.41) is 24.5. The van der Waals surface area contributed by atoms with Crippen molar-refractivity contribution in [1.29, 1.82) is 0 Å². The monoisotopic (exact) mass is 494 g/mol. The Kier molecular flexibility index (Phi) is 7.05. The number of benzene rings is 2. The van der Waals surface area contributed by atoms with Gasteiger partial charge in [0.1, 0.15) is 10.7 Å². The molecule has 5 nitrogen and oxygen atoms in total. The Balaban J connectivity index is 1.72. The van der Waals surface area contributed by atoms with Crippen LogP contribution in [-0.4, -0.2) is 27.0 Å². The molecular weight excluding hydrogens is 475 g/mol. The number of carboxylic acid groups (broad SMARTS) is 1. The summed E-state index contributed by atoms with van der Waals surface area (Å²) in [6, 6.07) is 17.2. The van der Waals surface area contributed by atoms with Crippen molar-refractivity contribution in [3.63, 3.8) is 0 Å². The Bertz CT molecular complexity index is 1370. The van der Waals surface area contributed by atoms with Crippen LogP contribution in [-0.2, 0) is 0 Å². The lowest BCUT2D eigenvalue weighted by Gasteiger charge is -2.20. The van der Waals surface area contributed by atoms with Crippen LogP contribution in [0.2, 0.25) is 5.02 Å². The minimum absolute atomic E-state index is 0.236. The molecule has 34 heavy (non-hydrogen) atoms. The smallest absolute Gasteiger partial charge is 0.345 e. The normalized spacial score (nSPS) is 12.5. The molecule has 8 heteroatoms. The Morgan fingerprint density at radius 3 is 2.50 bits per heavy atom. The van der Waals surface area contributed by atoms with Crippen LogP contribution >= 0.6 is 22.9 Å². The predicted molar refractivity (Wildman–Crippen MR) is 132 cm³/mol. The van der Waals surface area contributed by atoms with Crippen LogP contribution in [0.4, 0.5) is 4.39 Å². The van der Waals surface area contributed by atoms with Gasteiger partial charge in [-0.3, -0.25) is 4.98 Å². The number of rotatable bonds is 7. The molecule has 0 bridgehead atoms. The van der Waals surface area contributed by atoms with E-state index in [2.05, 4.69) is 10.1 Å². The van der Waals surface area contributed by atoms with Crippen molar-refractivity contribution < 1.29 is 19.5 Å². The highest BCUT2D eigenvalue weighted by Crippen LogP contribution is 2.34. The van der Waals surface area contributed by atoms with E-state index in [1.54, 1.807) is 35.8 Å². The van der Waals surface area contributed by atoms with Crippen LogP contribution in [0.3, 0.4) is 0 Å². The maximum absolute atomic E-state index is 15.0. The van der Waals surface area contributed by atoms with Crippen LogP contribution in [0.15, 0.2) is 77.4 Å². The molecule has 2 aromatic carbocycles. The van der Waals surface area contributed by atoms with Gasteiger partial charge in [0.05, 0.1) is 5.71 Å². The Hall–Kier alpha value is -3.55. The van der Waals surface area contributed by atoms with Crippen molar-refractivity contribution in [2.24, 2.45) is 5.16 Å². The van der Waals surface area contributed by atoms with Crippen LogP contribution in [0.5, 0.6) is 0 Å². The van der Waals surface area contributed by atoms with E-state index in [1.165, 1.54) is 6.07 Å². The van der Waals surface area contributed by atoms with Crippen molar-refractivity contribution in [3.8, 4) is 11.1 Å². The molecule has 4 aromatic rings. The number of hydrogen-bond acceptors (Lipinski definition) is 5. The van der Waals surface area contributed by atoms with Crippen molar-refractivity contribution in [3.05, 3.63) is 110 Å². The summed E-state index contributed by atoms with van der Waals surface area (Å²) in [6.45, 7) is 1.84. The van der Waals surface area contributed by atoms with Gasteiger partial charge in [-0.2, -0.15) is 0 Å². The number of nitrogens with zero attached hydrogens (tertiary/aromatic N) is 2. The first kappa shape index (κ1) is 23.6. The number of pyridine rings is 1. The first-order valence-electron chi connectivity index (χ1n) is 10.4. The van der Waals surface area contributed by atoms with E-state index in [0.29, 0.717) is 21.9 Å². The molecule has 1 atom stereocenters. The lowest BCUT2D eigenvalue weighted by molar-refractivity contribution is 0.0702. The molecule has 0 radical (unpaired) electrons. The highest BCUT2D eigenvalue weighted by atomic mass is 35.5. The average molecular weight is 495 g/mol. The molecule has 0 saturated heterocycles. The van der Waals surface area contributed by atoms with Crippen LogP contribution in [0.1, 0.15) is 44.4 Å². The van der Waals surface area contributed by atoms with Gasteiger partial charge in [0.25, 0.3) is 0 Å². The fourth-order valence-electron chi connectivity index (χ4n) is 3.83. The van der Waals surface area contributed by atoms with E-state index in [9.17, 15) is 19.5 Å². The van der Waals surface area contributed by atoms with Crippen LogP contribution < -0.4 is 0 Å². The number of hydrogen-bond donors (Lipinski definition) is 2. The molecule has 172 valence electrons. The first-order valence-corrected chi connectivity index (χ1v) is 11.6. The maximum atomic E-state index is 15.0. The molecule has 2 N–H and O–H groups in total. The zero-order chi connectivity index (χ0) is 24.2. The molecule has 1 unspecified atom stereocenters. The summed E-state index contributed by atoms with van der Waals surface area (Å²) in [4.78, 5) is 15.6. The summed E-state index contributed by atoms with van der Waals surface area (Å²) in [6.07, 6.45) is 1.87. The number of carbonyl (C=O) groups is 1. The van der Waals surface area contributed by atoms with Crippen molar-refractivity contribution in [2.75, 3.05) is 0 Å². The number of carboxylic acids is 1. The number of aromatic carboxylic acids is 1. The quantitative estimate of drug-likeness (QED) is 0.164. The van der Waals surface area contributed by atoms with E-state index in [1.807, 2.05) is 37.3 Å². The molecule has 0 amide bonds. The van der Waals surface area contributed by atoms with Gasteiger partial charge in [-0.15, -0.1) is 11.3 Å². The minimum Gasteiger partial charge on any atom is -0.477 e. The third-order valence-corrected chi connectivity index (χ3v) is 6.70. The highest BCUT2D eigenvalue weighted by molar-refractivity contribution is 7.12. The lowest BCUT2D eigenvalue weighted by atomic mass is 9.84. The van der Waals surface area contributed by atoms with E-state index >= 15 is 0 Å². The van der Waals surface area contributed by atoms with Gasteiger partial charge in [0.15, 0.2) is 0 Å². The number of halogens is 2. The standard InChI is InChI=1S/C26H20ClFN2O3S/c1-15-10-18(8-9-29-15)24(30-33)13-22(21-7-6-20(27)12-23(21)28)17-4-2-16(3-5-17)19-11-25(26(31)32)34-14-19/h2-12,14,22,33H,13H2,1H3,(H,31,32). The SMILES string of the molecule is Cc1cc(C(CC(c2ccc(-c3csc(C(=O)O)c3)cc2)c2ccc(Cl)cc2F)=NO)ccn1. The largest absolute Gasteiger partial charge is 0.477 e. The van der Waals surface area contributed by atoms with Crippen molar-refractivity contribution in [1.82, 2.24) is 4.98 Å². The topological polar surface area (TPSA) is 82.8 Å². The molecule has 0 spiro atoms. The fourth-order valence-corrected chi connectivity index (χ4v) is 4.75. The molecule has 0 fully saturated rings. The van der Waals surface area contributed by atoms with Gasteiger partial charge in [-0.1, -0.05) is 47.1 Å². The lowest BCUT2D eigenvalue weighted by Crippen LogP contribution is -2.12. The second-order valence-corrected chi connectivity index (χ2v) is 9.13. The number of oxime groups is 1. The molecule has 0 aliphatic rings. The summed E-state index contributed by atoms with van der Waals surface area (Å²) in [5.74, 6) is -1.87. The summed E-state index contributed by atoms with van der Waals surface area (Å²) >= 11 is 7.14. The van der Waals surface area contributed by atoms with Gasteiger partial charge in [0, 0.05) is 34.8 Å². The number of aromatic nitrogens is 1. The minimum atomic E-state index is -0.965. The van der Waals surface area contributed by atoms with Gasteiger partial charge in [-0.05, 0) is 64.9 Å². The average Bonchev–Trinajstić information content (AvgIpc) is 3.32. The highest BCUT2D eigenvalue weighted by Gasteiger charge is 2.22. The molecule has 0 aliphatic heterocycles. The summed E-state index contributed by atoms with van der Waals surface area (Å²) < 4.78 is 15.0. The third kappa shape index (κ3) is 5.16. The van der Waals surface area contributed by atoms with E-state index in [0.717, 1.165) is 33.7 Å². The van der Waals surface area contributed by atoms with Gasteiger partial charge >= 0.3 is 5.97 Å². The number of thiophene rings is 1. The van der Waals surface area contributed by atoms with E-state index < -0.39 is 17.7 Å². The molecule has 2 heterocycles. The van der Waals surface area contributed by atoms with E-state index in [-0.39, 0.29) is 11.3 Å². The van der Waals surface area contributed by atoms with Gasteiger partial charge in [0.2, 0.25) is 0 Å². The second-order valence-electron chi connectivity index (χ2n) is 7.78. The van der Waals surface area contributed by atoms with E-state index in [4.69, 9.17) is 11.6 Å². The number of aryl methyl sites for hydroxylation is 1. The predicted octanol–water partition coefficient (Wildman–Crippen LogP) is 7.01. The third-order valence-electron chi connectivity index (χ3n) is 5.54. The van der Waals surface area contributed by atoms with Gasteiger partial charge < -0.3 is 10.3 Å². The second kappa shape index (κ2) is 10.2.